The Morgan fingerprint density at radius 2 is 1.68 bits per heavy atom. The highest BCUT2D eigenvalue weighted by Crippen LogP contribution is 2.37. The normalized spacial score (nSPS) is 13.2. The zero-order valence-electron chi connectivity index (χ0n) is 16.3. The second-order valence-electron chi connectivity index (χ2n) is 6.71. The number of amides is 2. The Labute approximate surface area is 179 Å². The molecule has 2 amide bonds. The molecule has 0 heterocycles. The van der Waals surface area contributed by atoms with Crippen molar-refractivity contribution in [3.05, 3.63) is 58.1 Å². The molecule has 0 aromatic heterocycles. The van der Waals surface area contributed by atoms with Crippen molar-refractivity contribution >= 4 is 40.6 Å². The van der Waals surface area contributed by atoms with Gasteiger partial charge < -0.3 is 15.7 Å². The maximum absolute atomic E-state index is 13.1. The average Bonchev–Trinajstić information content (AvgIpc) is 2.66. The number of nitro groups is 1. The standard InChI is InChI=1S/C19H18F3N3O5S/c1-11(26)23-12-3-6-14(7-4-12)31-10-18(2,28)17(27)24-13-5-8-16(25(29)30)15(9-13)19(20,21)22/h3-9,28H,10H2,1-2H3,(H,23,26)(H,24,27)/t18-/m1/s1. The number of carbonyl (C=O) groups excluding carboxylic acids is 2. The van der Waals surface area contributed by atoms with Crippen LogP contribution >= 0.6 is 11.8 Å². The number of nitro benzene ring substituents is 1. The Morgan fingerprint density at radius 3 is 2.19 bits per heavy atom. The maximum atomic E-state index is 13.1. The monoisotopic (exact) mass is 457 g/mol. The van der Waals surface area contributed by atoms with Gasteiger partial charge >= 0.3 is 6.18 Å². The van der Waals surface area contributed by atoms with Crippen LogP contribution in [0.3, 0.4) is 0 Å². The molecule has 3 N–H and O–H groups in total. The van der Waals surface area contributed by atoms with Gasteiger partial charge in [-0.1, -0.05) is 0 Å². The molecule has 0 unspecified atom stereocenters. The first-order valence-electron chi connectivity index (χ1n) is 8.69. The van der Waals surface area contributed by atoms with E-state index in [-0.39, 0.29) is 17.3 Å². The molecule has 31 heavy (non-hydrogen) atoms. The van der Waals surface area contributed by atoms with Gasteiger partial charge in [-0.25, -0.2) is 0 Å². The summed E-state index contributed by atoms with van der Waals surface area (Å²) in [6, 6.07) is 8.63. The number of rotatable bonds is 7. The molecule has 0 saturated heterocycles. The van der Waals surface area contributed by atoms with Crippen LogP contribution in [0, 0.1) is 10.1 Å². The van der Waals surface area contributed by atoms with Gasteiger partial charge in [0.2, 0.25) is 5.91 Å². The number of alkyl halides is 3. The van der Waals surface area contributed by atoms with E-state index in [0.29, 0.717) is 22.7 Å². The summed E-state index contributed by atoms with van der Waals surface area (Å²) in [5.41, 5.74) is -4.38. The zero-order chi connectivity index (χ0) is 23.4. The topological polar surface area (TPSA) is 122 Å². The lowest BCUT2D eigenvalue weighted by atomic mass is 10.1. The first-order chi connectivity index (χ1) is 14.3. The van der Waals surface area contributed by atoms with Gasteiger partial charge in [0.05, 0.1) is 4.92 Å². The lowest BCUT2D eigenvalue weighted by Gasteiger charge is -2.22. The van der Waals surface area contributed by atoms with Crippen LogP contribution in [0.2, 0.25) is 0 Å². The fraction of sp³-hybridized carbons (Fsp3) is 0.263. The summed E-state index contributed by atoms with van der Waals surface area (Å²) in [4.78, 5) is 33.7. The third-order valence-electron chi connectivity index (χ3n) is 3.94. The third-order valence-corrected chi connectivity index (χ3v) is 5.25. The molecule has 2 aromatic rings. The molecular weight excluding hydrogens is 439 g/mol. The molecule has 0 saturated carbocycles. The van der Waals surface area contributed by atoms with Gasteiger partial charge in [-0.2, -0.15) is 13.2 Å². The second-order valence-corrected chi connectivity index (χ2v) is 7.76. The maximum Gasteiger partial charge on any atom is 0.423 e. The SMILES string of the molecule is CC(=O)Nc1ccc(SC[C@@](C)(O)C(=O)Nc2ccc([N+](=O)[O-])c(C(F)(F)F)c2)cc1. The van der Waals surface area contributed by atoms with E-state index in [1.807, 2.05) is 0 Å². The number of thioether (sulfide) groups is 1. The number of benzene rings is 2. The summed E-state index contributed by atoms with van der Waals surface area (Å²) in [6.45, 7) is 2.55. The van der Waals surface area contributed by atoms with Gasteiger partial charge in [0.1, 0.15) is 11.2 Å². The molecule has 0 aliphatic rings. The molecule has 12 heteroatoms. The van der Waals surface area contributed by atoms with Crippen molar-refractivity contribution < 1.29 is 32.8 Å². The van der Waals surface area contributed by atoms with Crippen molar-refractivity contribution in [2.24, 2.45) is 0 Å². The number of anilines is 2. The Balaban J connectivity index is 2.08. The summed E-state index contributed by atoms with van der Waals surface area (Å²) in [6.07, 6.45) is -5.00. The van der Waals surface area contributed by atoms with E-state index in [1.165, 1.54) is 13.8 Å². The lowest BCUT2D eigenvalue weighted by molar-refractivity contribution is -0.388. The van der Waals surface area contributed by atoms with Crippen LogP contribution in [0.15, 0.2) is 47.4 Å². The molecule has 8 nitrogen and oxygen atoms in total. The van der Waals surface area contributed by atoms with Crippen molar-refractivity contribution in [3.63, 3.8) is 0 Å². The predicted octanol–water partition coefficient (Wildman–Crippen LogP) is 4.05. The van der Waals surface area contributed by atoms with Gasteiger partial charge in [0.25, 0.3) is 11.6 Å². The first kappa shape index (κ1) is 24.2. The minimum atomic E-state index is -5.00. The highest BCUT2D eigenvalue weighted by atomic mass is 32.2. The van der Waals surface area contributed by atoms with E-state index >= 15 is 0 Å². The summed E-state index contributed by atoms with van der Waals surface area (Å²) < 4.78 is 39.2. The Bertz CT molecular complexity index is 994. The quantitative estimate of drug-likeness (QED) is 0.328. The first-order valence-corrected chi connectivity index (χ1v) is 9.68. The van der Waals surface area contributed by atoms with Crippen LogP contribution in [0.4, 0.5) is 30.2 Å². The van der Waals surface area contributed by atoms with Crippen molar-refractivity contribution in [2.75, 3.05) is 16.4 Å². The van der Waals surface area contributed by atoms with Gasteiger partial charge in [-0.3, -0.25) is 19.7 Å². The molecular formula is C19H18F3N3O5S. The summed E-state index contributed by atoms with van der Waals surface area (Å²) in [7, 11) is 0. The molecule has 1 atom stereocenters. The number of nitrogens with zero attached hydrogens (tertiary/aromatic N) is 1. The third kappa shape index (κ3) is 6.69. The molecule has 0 fully saturated rings. The molecule has 0 spiro atoms. The summed E-state index contributed by atoms with van der Waals surface area (Å²) >= 11 is 1.11. The second kappa shape index (κ2) is 9.35. The van der Waals surface area contributed by atoms with Gasteiger partial charge in [-0.15, -0.1) is 11.8 Å². The van der Waals surface area contributed by atoms with Gasteiger partial charge in [0.15, 0.2) is 0 Å². The lowest BCUT2D eigenvalue weighted by Crippen LogP contribution is -2.42. The molecule has 0 aliphatic carbocycles. The average molecular weight is 457 g/mol. The Kier molecular flexibility index (Phi) is 7.28. The fourth-order valence-corrected chi connectivity index (χ4v) is 3.30. The molecule has 0 aliphatic heterocycles. The number of aliphatic hydroxyl groups is 1. The van der Waals surface area contributed by atoms with E-state index in [2.05, 4.69) is 10.6 Å². The Hall–Kier alpha value is -3.12. The van der Waals surface area contributed by atoms with Crippen molar-refractivity contribution in [1.82, 2.24) is 0 Å². The number of halogens is 3. The number of hydrogen-bond acceptors (Lipinski definition) is 6. The summed E-state index contributed by atoms with van der Waals surface area (Å²) in [5, 5.41) is 26.0. The van der Waals surface area contributed by atoms with E-state index in [9.17, 15) is 38.0 Å². The van der Waals surface area contributed by atoms with Crippen LogP contribution in [-0.2, 0) is 15.8 Å². The minimum absolute atomic E-state index is 0.128. The van der Waals surface area contributed by atoms with Crippen LogP contribution in [0.5, 0.6) is 0 Å². The number of hydrogen-bond donors (Lipinski definition) is 3. The fourth-order valence-electron chi connectivity index (χ4n) is 2.39. The smallest absolute Gasteiger partial charge is 0.379 e. The van der Waals surface area contributed by atoms with Crippen LogP contribution in [0.25, 0.3) is 0 Å². The molecule has 0 radical (unpaired) electrons. The highest BCUT2D eigenvalue weighted by molar-refractivity contribution is 7.99. The van der Waals surface area contributed by atoms with E-state index in [0.717, 1.165) is 17.8 Å². The van der Waals surface area contributed by atoms with Crippen LogP contribution < -0.4 is 10.6 Å². The van der Waals surface area contributed by atoms with E-state index in [4.69, 9.17) is 0 Å². The van der Waals surface area contributed by atoms with E-state index in [1.54, 1.807) is 24.3 Å². The van der Waals surface area contributed by atoms with Gasteiger partial charge in [0, 0.05) is 35.0 Å². The molecule has 166 valence electrons. The molecule has 2 rings (SSSR count). The molecule has 2 aromatic carbocycles. The highest BCUT2D eigenvalue weighted by Gasteiger charge is 2.39. The number of nitrogens with one attached hydrogen (secondary N) is 2. The molecule has 0 bridgehead atoms. The van der Waals surface area contributed by atoms with Crippen molar-refractivity contribution in [3.8, 4) is 0 Å². The van der Waals surface area contributed by atoms with Crippen LogP contribution in [-0.4, -0.2) is 33.2 Å². The Morgan fingerprint density at radius 1 is 1.10 bits per heavy atom. The van der Waals surface area contributed by atoms with Crippen molar-refractivity contribution in [2.45, 2.75) is 30.5 Å². The largest absolute Gasteiger partial charge is 0.423 e. The zero-order valence-corrected chi connectivity index (χ0v) is 17.1. The minimum Gasteiger partial charge on any atom is -0.379 e. The van der Waals surface area contributed by atoms with E-state index < -0.39 is 33.9 Å². The van der Waals surface area contributed by atoms with Crippen LogP contribution in [0.1, 0.15) is 19.4 Å². The predicted molar refractivity (Wildman–Crippen MR) is 109 cm³/mol. The van der Waals surface area contributed by atoms with Gasteiger partial charge in [-0.05, 0) is 43.3 Å². The van der Waals surface area contributed by atoms with Crippen molar-refractivity contribution in [1.29, 1.82) is 0 Å². The number of carbonyl (C=O) groups is 2. The summed E-state index contributed by atoms with van der Waals surface area (Å²) in [5.74, 6) is -1.34.